The highest BCUT2D eigenvalue weighted by molar-refractivity contribution is 9.10. The Morgan fingerprint density at radius 1 is 0.894 bits per heavy atom. The summed E-state index contributed by atoms with van der Waals surface area (Å²) in [5, 5.41) is 3.20. The average Bonchev–Trinajstić information content (AvgIpc) is 3.59. The highest BCUT2D eigenvalue weighted by Gasteiger charge is 2.35. The van der Waals surface area contributed by atoms with Gasteiger partial charge in [0.2, 0.25) is 11.8 Å². The van der Waals surface area contributed by atoms with Crippen LogP contribution in [0.15, 0.2) is 112 Å². The van der Waals surface area contributed by atoms with Gasteiger partial charge in [0, 0.05) is 23.5 Å². The number of methoxy groups -OCH3 is 1. The van der Waals surface area contributed by atoms with Crippen LogP contribution in [-0.4, -0.2) is 50.9 Å². The summed E-state index contributed by atoms with van der Waals surface area (Å²) in [6, 6.07) is 29.4. The number of amides is 2. The van der Waals surface area contributed by atoms with E-state index in [1.807, 2.05) is 61.5 Å². The third kappa shape index (κ3) is 8.81. The van der Waals surface area contributed by atoms with Crippen LogP contribution in [0.5, 0.6) is 5.75 Å². The minimum absolute atomic E-state index is 0.0377. The number of hydrogen-bond donors (Lipinski definition) is 1. The molecule has 0 saturated heterocycles. The lowest BCUT2D eigenvalue weighted by molar-refractivity contribution is -0.140. The molecule has 1 atom stereocenters. The summed E-state index contributed by atoms with van der Waals surface area (Å²) in [7, 11) is -2.60. The van der Waals surface area contributed by atoms with Crippen molar-refractivity contribution in [2.24, 2.45) is 0 Å². The Bertz CT molecular complexity index is 1760. The molecule has 246 valence electrons. The normalized spacial score (nSPS) is 13.9. The van der Waals surface area contributed by atoms with Crippen molar-refractivity contribution in [2.45, 2.75) is 62.6 Å². The molecule has 1 fully saturated rings. The first kappa shape index (κ1) is 34.2. The highest BCUT2D eigenvalue weighted by atomic mass is 79.9. The second-order valence-corrected chi connectivity index (χ2v) is 14.6. The Labute approximate surface area is 285 Å². The monoisotopic (exact) mass is 717 g/mol. The molecule has 4 aromatic rings. The second kappa shape index (κ2) is 15.6. The molecule has 8 nitrogen and oxygen atoms in total. The molecular weight excluding hydrogens is 678 g/mol. The van der Waals surface area contributed by atoms with Crippen molar-refractivity contribution in [3.05, 3.63) is 124 Å². The summed E-state index contributed by atoms with van der Waals surface area (Å²) in [4.78, 5) is 30.4. The maximum Gasteiger partial charge on any atom is 0.264 e. The van der Waals surface area contributed by atoms with Gasteiger partial charge in [0.25, 0.3) is 10.0 Å². The quantitative estimate of drug-likeness (QED) is 0.167. The van der Waals surface area contributed by atoms with Gasteiger partial charge >= 0.3 is 0 Å². The highest BCUT2D eigenvalue weighted by Crippen LogP contribution is 2.27. The van der Waals surface area contributed by atoms with Crippen LogP contribution in [0.1, 0.15) is 42.4 Å². The lowest BCUT2D eigenvalue weighted by Crippen LogP contribution is -2.54. The summed E-state index contributed by atoms with van der Waals surface area (Å²) >= 11 is 3.43. The predicted molar refractivity (Wildman–Crippen MR) is 188 cm³/mol. The van der Waals surface area contributed by atoms with Gasteiger partial charge in [0.15, 0.2) is 0 Å². The van der Waals surface area contributed by atoms with Gasteiger partial charge in [0.05, 0.1) is 17.7 Å². The summed E-state index contributed by atoms with van der Waals surface area (Å²) in [6.45, 7) is 1.44. The summed E-state index contributed by atoms with van der Waals surface area (Å²) < 4.78 is 35.7. The van der Waals surface area contributed by atoms with Crippen molar-refractivity contribution < 1.29 is 22.7 Å². The molecule has 1 aliphatic carbocycles. The zero-order chi connectivity index (χ0) is 33.4. The summed E-state index contributed by atoms with van der Waals surface area (Å²) in [5.74, 6) is -0.147. The molecular formula is C37H40BrN3O5S. The number of benzene rings is 4. The molecule has 5 rings (SSSR count). The molecule has 1 aliphatic rings. The SMILES string of the molecule is COc1cccc(CN(C(=O)CN(c2ccc(Br)cc2)S(=O)(=O)c2ccc(C)cc2)C(Cc2ccccc2)C(=O)NC2CCCC2)c1. The van der Waals surface area contributed by atoms with Gasteiger partial charge in [-0.25, -0.2) is 8.42 Å². The van der Waals surface area contributed by atoms with Gasteiger partial charge < -0.3 is 15.0 Å². The number of carbonyl (C=O) groups excluding carboxylic acids is 2. The number of anilines is 1. The maximum atomic E-state index is 14.7. The van der Waals surface area contributed by atoms with Crippen molar-refractivity contribution in [2.75, 3.05) is 18.0 Å². The van der Waals surface area contributed by atoms with Gasteiger partial charge in [-0.3, -0.25) is 13.9 Å². The van der Waals surface area contributed by atoms with Crippen LogP contribution in [-0.2, 0) is 32.6 Å². The number of carbonyl (C=O) groups is 2. The lowest BCUT2D eigenvalue weighted by atomic mass is 10.0. The van der Waals surface area contributed by atoms with E-state index in [4.69, 9.17) is 4.74 Å². The number of ether oxygens (including phenoxy) is 1. The van der Waals surface area contributed by atoms with Crippen LogP contribution in [0, 0.1) is 6.92 Å². The van der Waals surface area contributed by atoms with E-state index >= 15 is 0 Å². The van der Waals surface area contributed by atoms with E-state index in [-0.39, 0.29) is 29.8 Å². The van der Waals surface area contributed by atoms with Crippen molar-refractivity contribution >= 4 is 43.5 Å². The first-order valence-electron chi connectivity index (χ1n) is 15.8. The molecule has 0 radical (unpaired) electrons. The molecule has 1 N–H and O–H groups in total. The fraction of sp³-hybridized carbons (Fsp3) is 0.297. The number of nitrogens with one attached hydrogen (secondary N) is 1. The fourth-order valence-corrected chi connectivity index (χ4v) is 7.54. The molecule has 10 heteroatoms. The third-order valence-electron chi connectivity index (χ3n) is 8.46. The maximum absolute atomic E-state index is 14.7. The van der Waals surface area contributed by atoms with Crippen LogP contribution in [0.3, 0.4) is 0 Å². The van der Waals surface area contributed by atoms with E-state index in [1.54, 1.807) is 55.6 Å². The van der Waals surface area contributed by atoms with Crippen LogP contribution >= 0.6 is 15.9 Å². The van der Waals surface area contributed by atoms with Gasteiger partial charge in [-0.1, -0.05) is 88.9 Å². The number of rotatable bonds is 13. The number of hydrogen-bond acceptors (Lipinski definition) is 5. The first-order valence-corrected chi connectivity index (χ1v) is 18.0. The van der Waals surface area contributed by atoms with E-state index < -0.39 is 28.5 Å². The summed E-state index contributed by atoms with van der Waals surface area (Å²) in [5.41, 5.74) is 2.88. The number of nitrogens with zero attached hydrogens (tertiary/aromatic N) is 2. The Morgan fingerprint density at radius 3 is 2.21 bits per heavy atom. The number of aryl methyl sites for hydroxylation is 1. The molecule has 47 heavy (non-hydrogen) atoms. The van der Waals surface area contributed by atoms with Gasteiger partial charge in [0.1, 0.15) is 18.3 Å². The van der Waals surface area contributed by atoms with E-state index in [0.717, 1.165) is 51.2 Å². The molecule has 0 aliphatic heterocycles. The predicted octanol–water partition coefficient (Wildman–Crippen LogP) is 6.66. The lowest BCUT2D eigenvalue weighted by Gasteiger charge is -2.34. The Hall–Kier alpha value is -4.15. The van der Waals surface area contributed by atoms with E-state index in [0.29, 0.717) is 11.4 Å². The van der Waals surface area contributed by atoms with Crippen LogP contribution in [0.4, 0.5) is 5.69 Å². The Morgan fingerprint density at radius 2 is 1.55 bits per heavy atom. The molecule has 4 aromatic carbocycles. The molecule has 0 spiro atoms. The standard InChI is InChI=1S/C37H40BrN3O5S/c1-27-15-21-34(22-16-27)47(44,45)41(32-19-17-30(38)18-20-32)26-36(42)40(25-29-11-8-14-33(23-29)46-2)35(24-28-9-4-3-5-10-28)37(43)39-31-12-6-7-13-31/h3-5,8-11,14-23,31,35H,6-7,12-13,24-26H2,1-2H3,(H,39,43). The van der Waals surface area contributed by atoms with Gasteiger partial charge in [-0.05, 0) is 79.4 Å². The van der Waals surface area contributed by atoms with E-state index in [2.05, 4.69) is 21.2 Å². The molecule has 0 heterocycles. The van der Waals surface area contributed by atoms with Crippen molar-refractivity contribution in [3.8, 4) is 5.75 Å². The molecule has 2 amide bonds. The largest absolute Gasteiger partial charge is 0.497 e. The molecule has 0 aromatic heterocycles. The van der Waals surface area contributed by atoms with E-state index in [1.165, 1.54) is 4.90 Å². The Balaban J connectivity index is 1.57. The molecule has 1 unspecified atom stereocenters. The minimum Gasteiger partial charge on any atom is -0.497 e. The zero-order valence-electron chi connectivity index (χ0n) is 26.6. The molecule has 0 bridgehead atoms. The Kier molecular flexibility index (Phi) is 11.4. The minimum atomic E-state index is -4.17. The second-order valence-electron chi connectivity index (χ2n) is 11.9. The smallest absolute Gasteiger partial charge is 0.264 e. The fourth-order valence-electron chi connectivity index (χ4n) is 5.86. The summed E-state index contributed by atoms with van der Waals surface area (Å²) in [6.07, 6.45) is 4.12. The number of sulfonamides is 1. The third-order valence-corrected chi connectivity index (χ3v) is 10.8. The van der Waals surface area contributed by atoms with Crippen molar-refractivity contribution in [1.29, 1.82) is 0 Å². The topological polar surface area (TPSA) is 96.0 Å². The van der Waals surface area contributed by atoms with Crippen molar-refractivity contribution in [3.63, 3.8) is 0 Å². The van der Waals surface area contributed by atoms with Crippen LogP contribution < -0.4 is 14.4 Å². The van der Waals surface area contributed by atoms with Crippen LogP contribution in [0.25, 0.3) is 0 Å². The van der Waals surface area contributed by atoms with Crippen molar-refractivity contribution in [1.82, 2.24) is 10.2 Å². The molecule has 1 saturated carbocycles. The zero-order valence-corrected chi connectivity index (χ0v) is 29.0. The average molecular weight is 719 g/mol. The number of halogens is 1. The van der Waals surface area contributed by atoms with Gasteiger partial charge in [-0.2, -0.15) is 0 Å². The first-order chi connectivity index (χ1) is 22.6. The van der Waals surface area contributed by atoms with E-state index in [9.17, 15) is 18.0 Å². The van der Waals surface area contributed by atoms with Gasteiger partial charge in [-0.15, -0.1) is 0 Å². The van der Waals surface area contributed by atoms with Crippen LogP contribution in [0.2, 0.25) is 0 Å².